The Labute approximate surface area is 102 Å². The number of nitrogens with zero attached hydrogens (tertiary/aromatic N) is 3. The van der Waals surface area contributed by atoms with Crippen LogP contribution in [0.2, 0.25) is 0 Å². The predicted molar refractivity (Wildman–Crippen MR) is 62.9 cm³/mol. The van der Waals surface area contributed by atoms with Crippen LogP contribution < -0.4 is 5.69 Å². The van der Waals surface area contributed by atoms with Crippen molar-refractivity contribution >= 4 is 11.2 Å². The largest absolute Gasteiger partial charge is 0.394 e. The van der Waals surface area contributed by atoms with E-state index >= 15 is 0 Å². The molecular weight excluding hydrogens is 236 g/mol. The summed E-state index contributed by atoms with van der Waals surface area (Å²) < 4.78 is 7.18. The SMILES string of the molecule is C[C@@H]1C[C@H](n2c(=O)[nH]c3cncnc32)OC1CO. The van der Waals surface area contributed by atoms with E-state index < -0.39 is 0 Å². The van der Waals surface area contributed by atoms with Gasteiger partial charge >= 0.3 is 5.69 Å². The summed E-state index contributed by atoms with van der Waals surface area (Å²) in [5.41, 5.74) is 0.860. The second-order valence-corrected chi connectivity index (χ2v) is 4.58. The minimum absolute atomic E-state index is 0.0379. The highest BCUT2D eigenvalue weighted by atomic mass is 16.5. The topological polar surface area (TPSA) is 93.0 Å². The monoisotopic (exact) mass is 250 g/mol. The standard InChI is InChI=1S/C11H14N4O3/c1-6-2-9(18-8(6)4-16)15-10-7(14-11(15)17)3-12-5-13-10/h3,5-6,8-9,16H,2,4H2,1H3,(H,14,17)/t6-,8?,9-/m1/s1. The van der Waals surface area contributed by atoms with Crippen LogP contribution >= 0.6 is 0 Å². The summed E-state index contributed by atoms with van der Waals surface area (Å²) in [5.74, 6) is 0.207. The van der Waals surface area contributed by atoms with Gasteiger partial charge < -0.3 is 14.8 Å². The van der Waals surface area contributed by atoms with Crippen molar-refractivity contribution in [2.24, 2.45) is 5.92 Å². The van der Waals surface area contributed by atoms with Crippen LogP contribution in [0.4, 0.5) is 0 Å². The number of nitrogens with one attached hydrogen (secondary N) is 1. The van der Waals surface area contributed by atoms with Gasteiger partial charge in [0.15, 0.2) is 5.65 Å². The molecule has 0 radical (unpaired) electrons. The van der Waals surface area contributed by atoms with E-state index in [1.807, 2.05) is 6.92 Å². The molecule has 2 aromatic heterocycles. The van der Waals surface area contributed by atoms with E-state index in [-0.39, 0.29) is 30.5 Å². The molecule has 2 N–H and O–H groups in total. The van der Waals surface area contributed by atoms with Gasteiger partial charge in [-0.25, -0.2) is 19.3 Å². The highest BCUT2D eigenvalue weighted by Crippen LogP contribution is 2.33. The van der Waals surface area contributed by atoms with Gasteiger partial charge in [-0.3, -0.25) is 0 Å². The Balaban J connectivity index is 2.05. The van der Waals surface area contributed by atoms with Crippen molar-refractivity contribution in [1.29, 1.82) is 0 Å². The van der Waals surface area contributed by atoms with E-state index in [9.17, 15) is 9.90 Å². The lowest BCUT2D eigenvalue weighted by Gasteiger charge is -2.13. The van der Waals surface area contributed by atoms with Gasteiger partial charge in [-0.2, -0.15) is 0 Å². The Bertz CT molecular complexity index is 620. The molecule has 1 unspecified atom stereocenters. The van der Waals surface area contributed by atoms with E-state index in [1.54, 1.807) is 6.20 Å². The van der Waals surface area contributed by atoms with Crippen LogP contribution in [0.15, 0.2) is 17.3 Å². The van der Waals surface area contributed by atoms with Crippen LogP contribution in [-0.2, 0) is 4.74 Å². The van der Waals surface area contributed by atoms with Crippen molar-refractivity contribution in [3.8, 4) is 0 Å². The third kappa shape index (κ3) is 1.63. The first-order chi connectivity index (χ1) is 8.70. The number of aliphatic hydroxyl groups is 1. The number of ether oxygens (including phenoxy) is 1. The quantitative estimate of drug-likeness (QED) is 0.784. The Morgan fingerprint density at radius 2 is 2.50 bits per heavy atom. The molecule has 0 saturated carbocycles. The van der Waals surface area contributed by atoms with Gasteiger partial charge in [0.2, 0.25) is 0 Å². The molecule has 2 aromatic rings. The normalized spacial score (nSPS) is 28.0. The maximum absolute atomic E-state index is 11.9. The molecule has 0 spiro atoms. The Morgan fingerprint density at radius 1 is 1.67 bits per heavy atom. The first kappa shape index (κ1) is 11.4. The maximum Gasteiger partial charge on any atom is 0.329 e. The molecule has 0 aromatic carbocycles. The van der Waals surface area contributed by atoms with Gasteiger partial charge in [0.05, 0.1) is 18.9 Å². The summed E-state index contributed by atoms with van der Waals surface area (Å²) in [7, 11) is 0. The summed E-state index contributed by atoms with van der Waals surface area (Å²) in [6.45, 7) is 1.96. The lowest BCUT2D eigenvalue weighted by Crippen LogP contribution is -2.23. The lowest BCUT2D eigenvalue weighted by molar-refractivity contribution is -0.0290. The summed E-state index contributed by atoms with van der Waals surface area (Å²) in [6.07, 6.45) is 3.03. The number of aliphatic hydroxyl groups excluding tert-OH is 1. The fraction of sp³-hybridized carbons (Fsp3) is 0.545. The first-order valence-electron chi connectivity index (χ1n) is 5.87. The first-order valence-corrected chi connectivity index (χ1v) is 5.87. The molecule has 18 heavy (non-hydrogen) atoms. The van der Waals surface area contributed by atoms with Crippen molar-refractivity contribution in [1.82, 2.24) is 19.5 Å². The number of H-pyrrole nitrogens is 1. The zero-order valence-electron chi connectivity index (χ0n) is 9.91. The number of aromatic nitrogens is 4. The van der Waals surface area contributed by atoms with Crippen LogP contribution in [0.1, 0.15) is 19.6 Å². The van der Waals surface area contributed by atoms with Gasteiger partial charge in [0.25, 0.3) is 0 Å². The van der Waals surface area contributed by atoms with E-state index in [0.29, 0.717) is 17.6 Å². The average molecular weight is 250 g/mol. The van der Waals surface area contributed by atoms with Crippen molar-refractivity contribution < 1.29 is 9.84 Å². The fourth-order valence-corrected chi connectivity index (χ4v) is 2.39. The Kier molecular flexibility index (Phi) is 2.64. The molecule has 1 fully saturated rings. The number of rotatable bonds is 2. The van der Waals surface area contributed by atoms with E-state index in [0.717, 1.165) is 0 Å². The summed E-state index contributed by atoms with van der Waals surface area (Å²) in [5, 5.41) is 9.19. The zero-order valence-corrected chi connectivity index (χ0v) is 9.91. The molecule has 7 nitrogen and oxygen atoms in total. The van der Waals surface area contributed by atoms with E-state index in [4.69, 9.17) is 4.74 Å². The smallest absolute Gasteiger partial charge is 0.329 e. The molecule has 7 heteroatoms. The van der Waals surface area contributed by atoms with E-state index in [2.05, 4.69) is 15.0 Å². The highest BCUT2D eigenvalue weighted by molar-refractivity contribution is 5.68. The van der Waals surface area contributed by atoms with Gasteiger partial charge in [0, 0.05) is 0 Å². The molecule has 0 bridgehead atoms. The van der Waals surface area contributed by atoms with Crippen LogP contribution in [0.5, 0.6) is 0 Å². The summed E-state index contributed by atoms with van der Waals surface area (Å²) in [6, 6.07) is 0. The van der Waals surface area contributed by atoms with Gasteiger partial charge in [-0.15, -0.1) is 0 Å². The molecule has 3 rings (SSSR count). The van der Waals surface area contributed by atoms with Crippen LogP contribution in [0.3, 0.4) is 0 Å². The van der Waals surface area contributed by atoms with Crippen LogP contribution in [-0.4, -0.2) is 37.3 Å². The van der Waals surface area contributed by atoms with Gasteiger partial charge in [-0.05, 0) is 12.3 Å². The molecule has 3 atom stereocenters. The molecule has 1 saturated heterocycles. The molecule has 0 amide bonds. The zero-order chi connectivity index (χ0) is 12.7. The number of fused-ring (bicyclic) bond motifs is 1. The highest BCUT2D eigenvalue weighted by Gasteiger charge is 2.34. The van der Waals surface area contributed by atoms with Crippen LogP contribution in [0.25, 0.3) is 11.2 Å². The number of imidazole rings is 1. The fourth-order valence-electron chi connectivity index (χ4n) is 2.39. The molecule has 0 aliphatic carbocycles. The van der Waals surface area contributed by atoms with Crippen molar-refractivity contribution in [3.05, 3.63) is 23.0 Å². The Morgan fingerprint density at radius 3 is 3.22 bits per heavy atom. The average Bonchev–Trinajstić information content (AvgIpc) is 2.88. The van der Waals surface area contributed by atoms with Crippen LogP contribution in [0, 0.1) is 5.92 Å². The summed E-state index contributed by atoms with van der Waals surface area (Å²) >= 11 is 0. The molecule has 1 aliphatic heterocycles. The number of hydrogen-bond acceptors (Lipinski definition) is 5. The second-order valence-electron chi connectivity index (χ2n) is 4.58. The minimum Gasteiger partial charge on any atom is -0.394 e. The molecule has 96 valence electrons. The van der Waals surface area contributed by atoms with Crippen molar-refractivity contribution in [2.75, 3.05) is 6.61 Å². The molecule has 1 aliphatic rings. The van der Waals surface area contributed by atoms with Gasteiger partial charge in [-0.1, -0.05) is 6.92 Å². The van der Waals surface area contributed by atoms with Crippen molar-refractivity contribution in [2.45, 2.75) is 25.7 Å². The number of aromatic amines is 1. The summed E-state index contributed by atoms with van der Waals surface area (Å²) in [4.78, 5) is 22.6. The molecular formula is C11H14N4O3. The molecule has 3 heterocycles. The minimum atomic E-state index is -0.381. The maximum atomic E-state index is 11.9. The Hall–Kier alpha value is -1.73. The number of hydrogen-bond donors (Lipinski definition) is 2. The third-order valence-corrected chi connectivity index (χ3v) is 3.39. The third-order valence-electron chi connectivity index (χ3n) is 3.39. The second kappa shape index (κ2) is 4.18. The van der Waals surface area contributed by atoms with Crippen molar-refractivity contribution in [3.63, 3.8) is 0 Å². The van der Waals surface area contributed by atoms with Gasteiger partial charge in [0.1, 0.15) is 18.1 Å². The predicted octanol–water partition coefficient (Wildman–Crippen LogP) is 0.0355. The van der Waals surface area contributed by atoms with E-state index in [1.165, 1.54) is 10.9 Å². The lowest BCUT2D eigenvalue weighted by atomic mass is 10.0.